The van der Waals surface area contributed by atoms with Crippen molar-refractivity contribution in [2.75, 3.05) is 11.9 Å². The molecule has 0 aliphatic rings. The Morgan fingerprint density at radius 2 is 2.00 bits per heavy atom. The van der Waals surface area contributed by atoms with Crippen LogP contribution in [0, 0.1) is 21.7 Å². The fourth-order valence-electron chi connectivity index (χ4n) is 2.32. The third-order valence-corrected chi connectivity index (χ3v) is 4.92. The van der Waals surface area contributed by atoms with E-state index < -0.39 is 35.0 Å². The largest absolute Gasteiger partial charge is 0.452 e. The maximum atomic E-state index is 13.2. The van der Waals surface area contributed by atoms with E-state index in [-0.39, 0.29) is 21.8 Å². The standard InChI is InChI=1S/C18H13F2N5O5S/c1-24-9-21-23-18(24)31-15-5-2-10(6-14(15)25(28)29)17(27)30-8-16(26)22-11-3-4-12(19)13(20)7-11/h2-7,9H,8H2,1H3,(H,22,26). The molecule has 3 aromatic rings. The number of amides is 1. The van der Waals surface area contributed by atoms with Crippen LogP contribution in [0.2, 0.25) is 0 Å². The van der Waals surface area contributed by atoms with Gasteiger partial charge in [0.05, 0.1) is 15.4 Å². The number of aromatic nitrogens is 3. The number of hydrogen-bond acceptors (Lipinski definition) is 8. The Labute approximate surface area is 177 Å². The van der Waals surface area contributed by atoms with E-state index in [2.05, 4.69) is 15.5 Å². The lowest BCUT2D eigenvalue weighted by molar-refractivity contribution is -0.387. The summed E-state index contributed by atoms with van der Waals surface area (Å²) in [4.78, 5) is 35.0. The molecule has 0 saturated carbocycles. The van der Waals surface area contributed by atoms with Gasteiger partial charge in [0.25, 0.3) is 11.6 Å². The molecule has 0 saturated heterocycles. The van der Waals surface area contributed by atoms with Crippen molar-refractivity contribution in [2.24, 2.45) is 7.05 Å². The summed E-state index contributed by atoms with van der Waals surface area (Å²) in [7, 11) is 1.67. The fraction of sp³-hybridized carbons (Fsp3) is 0.111. The molecule has 10 nitrogen and oxygen atoms in total. The lowest BCUT2D eigenvalue weighted by atomic mass is 10.2. The van der Waals surface area contributed by atoms with Crippen molar-refractivity contribution in [3.05, 3.63) is 70.0 Å². The monoisotopic (exact) mass is 449 g/mol. The summed E-state index contributed by atoms with van der Waals surface area (Å²) in [5, 5.41) is 21.6. The molecule has 0 spiro atoms. The van der Waals surface area contributed by atoms with Gasteiger partial charge in [-0.05, 0) is 36.0 Å². The summed E-state index contributed by atoms with van der Waals surface area (Å²) in [6, 6.07) is 6.42. The SMILES string of the molecule is Cn1cnnc1Sc1ccc(C(=O)OCC(=O)Nc2ccc(F)c(F)c2)cc1[N+](=O)[O-]. The van der Waals surface area contributed by atoms with Crippen LogP contribution in [-0.4, -0.2) is 38.2 Å². The fourth-order valence-corrected chi connectivity index (χ4v) is 3.17. The zero-order valence-electron chi connectivity index (χ0n) is 15.7. The highest BCUT2D eigenvalue weighted by Gasteiger charge is 2.21. The zero-order chi connectivity index (χ0) is 22.5. The normalized spacial score (nSPS) is 10.5. The Bertz CT molecular complexity index is 1170. The Hall–Kier alpha value is -3.87. The average molecular weight is 449 g/mol. The van der Waals surface area contributed by atoms with Crippen molar-refractivity contribution in [3.8, 4) is 0 Å². The van der Waals surface area contributed by atoms with Crippen LogP contribution in [0.1, 0.15) is 10.4 Å². The Kier molecular flexibility index (Phi) is 6.55. The number of nitro benzene ring substituents is 1. The van der Waals surface area contributed by atoms with E-state index >= 15 is 0 Å². The first-order valence-corrected chi connectivity index (χ1v) is 9.28. The number of rotatable bonds is 7. The van der Waals surface area contributed by atoms with E-state index in [1.807, 2.05) is 0 Å². The molecule has 0 aliphatic carbocycles. The van der Waals surface area contributed by atoms with E-state index in [1.165, 1.54) is 18.5 Å². The first-order valence-electron chi connectivity index (χ1n) is 8.47. The number of ether oxygens (including phenoxy) is 1. The van der Waals surface area contributed by atoms with Crippen LogP contribution in [0.5, 0.6) is 0 Å². The van der Waals surface area contributed by atoms with Crippen LogP contribution in [0.15, 0.2) is 52.8 Å². The Balaban J connectivity index is 1.66. The van der Waals surface area contributed by atoms with E-state index in [0.717, 1.165) is 36.0 Å². The van der Waals surface area contributed by atoms with Crippen LogP contribution < -0.4 is 5.32 Å². The molecule has 3 rings (SSSR count). The maximum absolute atomic E-state index is 13.2. The number of benzene rings is 2. The first-order chi connectivity index (χ1) is 14.7. The molecule has 0 radical (unpaired) electrons. The summed E-state index contributed by atoms with van der Waals surface area (Å²) < 4.78 is 32.5. The van der Waals surface area contributed by atoms with E-state index in [9.17, 15) is 28.5 Å². The molecule has 31 heavy (non-hydrogen) atoms. The molecular formula is C18H13F2N5O5S. The Morgan fingerprint density at radius 3 is 2.65 bits per heavy atom. The van der Waals surface area contributed by atoms with Crippen molar-refractivity contribution >= 4 is 35.0 Å². The highest BCUT2D eigenvalue weighted by atomic mass is 32.2. The minimum absolute atomic E-state index is 0.0271. The van der Waals surface area contributed by atoms with Crippen LogP contribution in [0.3, 0.4) is 0 Å². The Morgan fingerprint density at radius 1 is 1.23 bits per heavy atom. The lowest BCUT2D eigenvalue weighted by Gasteiger charge is -2.08. The van der Waals surface area contributed by atoms with Gasteiger partial charge in [-0.15, -0.1) is 10.2 Å². The number of anilines is 1. The van der Waals surface area contributed by atoms with Crippen molar-refractivity contribution in [1.82, 2.24) is 14.8 Å². The molecule has 0 unspecified atom stereocenters. The lowest BCUT2D eigenvalue weighted by Crippen LogP contribution is -2.21. The molecule has 0 atom stereocenters. The quantitative estimate of drug-likeness (QED) is 0.331. The molecule has 160 valence electrons. The summed E-state index contributed by atoms with van der Waals surface area (Å²) in [5.41, 5.74) is -0.524. The van der Waals surface area contributed by atoms with Gasteiger partial charge >= 0.3 is 5.97 Å². The van der Waals surface area contributed by atoms with Gasteiger partial charge in [-0.3, -0.25) is 14.9 Å². The van der Waals surface area contributed by atoms with Gasteiger partial charge in [-0.2, -0.15) is 0 Å². The van der Waals surface area contributed by atoms with Crippen LogP contribution in [0.4, 0.5) is 20.2 Å². The summed E-state index contributed by atoms with van der Waals surface area (Å²) in [6.45, 7) is -0.735. The van der Waals surface area contributed by atoms with Gasteiger partial charge in [0.1, 0.15) is 6.33 Å². The van der Waals surface area contributed by atoms with Gasteiger partial charge in [0, 0.05) is 24.9 Å². The summed E-state index contributed by atoms with van der Waals surface area (Å²) in [5.74, 6) is -4.00. The van der Waals surface area contributed by atoms with Gasteiger partial charge in [-0.25, -0.2) is 13.6 Å². The number of aryl methyl sites for hydroxylation is 1. The average Bonchev–Trinajstić information content (AvgIpc) is 3.13. The highest BCUT2D eigenvalue weighted by molar-refractivity contribution is 7.99. The van der Waals surface area contributed by atoms with Crippen LogP contribution in [-0.2, 0) is 16.6 Å². The van der Waals surface area contributed by atoms with E-state index in [1.54, 1.807) is 11.6 Å². The predicted octanol–water partition coefficient (Wildman–Crippen LogP) is 2.95. The molecular weight excluding hydrogens is 436 g/mol. The third-order valence-electron chi connectivity index (χ3n) is 3.80. The van der Waals surface area contributed by atoms with Crippen LogP contribution in [0.25, 0.3) is 0 Å². The molecule has 1 heterocycles. The molecule has 1 amide bonds. The molecule has 0 fully saturated rings. The number of esters is 1. The minimum atomic E-state index is -1.15. The molecule has 13 heteroatoms. The second-order valence-corrected chi connectivity index (χ2v) is 7.03. The number of carbonyl (C=O) groups excluding carboxylic acids is 2. The molecule has 1 aromatic heterocycles. The molecule has 0 aliphatic heterocycles. The zero-order valence-corrected chi connectivity index (χ0v) is 16.6. The number of carbonyl (C=O) groups is 2. The topological polar surface area (TPSA) is 129 Å². The second kappa shape index (κ2) is 9.30. The molecule has 0 bridgehead atoms. The van der Waals surface area contributed by atoms with E-state index in [0.29, 0.717) is 5.16 Å². The van der Waals surface area contributed by atoms with Crippen molar-refractivity contribution < 1.29 is 28.0 Å². The molecule has 2 aromatic carbocycles. The van der Waals surface area contributed by atoms with Crippen molar-refractivity contribution in [2.45, 2.75) is 10.1 Å². The van der Waals surface area contributed by atoms with Crippen molar-refractivity contribution in [1.29, 1.82) is 0 Å². The van der Waals surface area contributed by atoms with Crippen molar-refractivity contribution in [3.63, 3.8) is 0 Å². The number of halogens is 2. The summed E-state index contributed by atoms with van der Waals surface area (Å²) >= 11 is 0.992. The van der Waals surface area contributed by atoms with Gasteiger partial charge in [0.15, 0.2) is 23.4 Å². The predicted molar refractivity (Wildman–Crippen MR) is 103 cm³/mol. The maximum Gasteiger partial charge on any atom is 0.338 e. The smallest absolute Gasteiger partial charge is 0.338 e. The minimum Gasteiger partial charge on any atom is -0.452 e. The van der Waals surface area contributed by atoms with Gasteiger partial charge < -0.3 is 14.6 Å². The number of nitro groups is 1. The third kappa shape index (κ3) is 5.39. The first kappa shape index (κ1) is 21.8. The van der Waals surface area contributed by atoms with Crippen LogP contribution >= 0.6 is 11.8 Å². The highest BCUT2D eigenvalue weighted by Crippen LogP contribution is 2.34. The summed E-state index contributed by atoms with van der Waals surface area (Å²) in [6.07, 6.45) is 1.44. The second-order valence-electron chi connectivity index (χ2n) is 6.02. The van der Waals surface area contributed by atoms with Gasteiger partial charge in [-0.1, -0.05) is 0 Å². The molecule has 1 N–H and O–H groups in total. The van der Waals surface area contributed by atoms with Gasteiger partial charge in [0.2, 0.25) is 0 Å². The number of nitrogens with zero attached hydrogens (tertiary/aromatic N) is 4. The van der Waals surface area contributed by atoms with E-state index in [4.69, 9.17) is 4.74 Å². The number of hydrogen-bond donors (Lipinski definition) is 1. The number of nitrogens with one attached hydrogen (secondary N) is 1.